The lowest BCUT2D eigenvalue weighted by Gasteiger charge is -2.25. The minimum Gasteiger partial charge on any atom is -0.344 e. The molecule has 1 fully saturated rings. The van der Waals surface area contributed by atoms with E-state index in [9.17, 15) is 27.6 Å². The number of aromatic nitrogens is 2. The number of nitrogens with one attached hydrogen (secondary N) is 1. The van der Waals surface area contributed by atoms with Gasteiger partial charge in [-0.2, -0.15) is 18.2 Å². The zero-order valence-corrected chi connectivity index (χ0v) is 22.1. The molecule has 1 aliphatic heterocycles. The molecule has 2 unspecified atom stereocenters. The average Bonchev–Trinajstić information content (AvgIpc) is 3.49. The zero-order valence-electron chi connectivity index (χ0n) is 21.3. The Balaban J connectivity index is 1.40. The van der Waals surface area contributed by atoms with E-state index in [4.69, 9.17) is 4.52 Å². The Morgan fingerprint density at radius 3 is 2.54 bits per heavy atom. The summed E-state index contributed by atoms with van der Waals surface area (Å²) in [6, 6.07) is 13.4. The normalized spacial score (nSPS) is 16.5. The van der Waals surface area contributed by atoms with E-state index in [-0.39, 0.29) is 47.6 Å². The smallest absolute Gasteiger partial charge is 0.344 e. The monoisotopic (exact) mass is 560 g/mol. The van der Waals surface area contributed by atoms with Crippen LogP contribution in [0.2, 0.25) is 0 Å². The molecule has 206 valence electrons. The van der Waals surface area contributed by atoms with Crippen molar-refractivity contribution in [3.05, 3.63) is 83.0 Å². The third-order valence-corrected chi connectivity index (χ3v) is 7.42. The Hall–Kier alpha value is -3.67. The molecular weight excluding hydrogens is 533 g/mol. The predicted octanol–water partition coefficient (Wildman–Crippen LogP) is 4.15. The summed E-state index contributed by atoms with van der Waals surface area (Å²) in [5, 5.41) is 6.18. The van der Waals surface area contributed by atoms with Crippen LogP contribution in [0, 0.1) is 5.92 Å². The van der Waals surface area contributed by atoms with Gasteiger partial charge in [0, 0.05) is 6.42 Å². The summed E-state index contributed by atoms with van der Waals surface area (Å²) in [7, 11) is 0. The van der Waals surface area contributed by atoms with Gasteiger partial charge in [-0.1, -0.05) is 67.5 Å². The van der Waals surface area contributed by atoms with Crippen LogP contribution in [-0.4, -0.2) is 56.4 Å². The van der Waals surface area contributed by atoms with Crippen molar-refractivity contribution in [3.63, 3.8) is 0 Å². The Morgan fingerprint density at radius 1 is 1.13 bits per heavy atom. The number of carbonyl (C=O) groups is 3. The van der Waals surface area contributed by atoms with Crippen LogP contribution in [-0.2, 0) is 28.6 Å². The topological polar surface area (TPSA) is 105 Å². The lowest BCUT2D eigenvalue weighted by atomic mass is 9.99. The molecule has 2 aromatic carbocycles. The Kier molecular flexibility index (Phi) is 8.73. The van der Waals surface area contributed by atoms with E-state index in [0.717, 1.165) is 17.7 Å². The van der Waals surface area contributed by atoms with Crippen molar-refractivity contribution < 1.29 is 32.1 Å². The van der Waals surface area contributed by atoms with Gasteiger partial charge >= 0.3 is 6.18 Å². The largest absolute Gasteiger partial charge is 0.416 e. The SMILES string of the molecule is CC(C)C(NC(=O)CN1C(=O)CSC1Cc1ccccc1)C(=O)c1noc(Cc2cccc(C(F)(F)F)c2)n1. The minimum atomic E-state index is -4.49. The summed E-state index contributed by atoms with van der Waals surface area (Å²) in [6.07, 6.45) is -4.00. The molecular formula is C27H27F3N4O4S. The van der Waals surface area contributed by atoms with Gasteiger partial charge in [-0.3, -0.25) is 14.4 Å². The van der Waals surface area contributed by atoms with Crippen LogP contribution in [0.3, 0.4) is 0 Å². The van der Waals surface area contributed by atoms with E-state index in [1.807, 2.05) is 30.3 Å². The van der Waals surface area contributed by atoms with Gasteiger partial charge in [0.15, 0.2) is 0 Å². The number of hydrogen-bond donors (Lipinski definition) is 1. The molecule has 1 aliphatic rings. The first-order valence-corrected chi connectivity index (χ1v) is 13.3. The van der Waals surface area contributed by atoms with Gasteiger partial charge in [0.25, 0.3) is 0 Å². The number of halogens is 3. The minimum absolute atomic E-state index is 0.0325. The number of alkyl halides is 3. The number of hydrogen-bond acceptors (Lipinski definition) is 7. The van der Waals surface area contributed by atoms with E-state index in [1.54, 1.807) is 13.8 Å². The number of amides is 2. The first-order chi connectivity index (χ1) is 18.5. The Morgan fingerprint density at radius 2 is 1.85 bits per heavy atom. The van der Waals surface area contributed by atoms with Crippen LogP contribution in [0.1, 0.15) is 47.0 Å². The number of thioether (sulfide) groups is 1. The van der Waals surface area contributed by atoms with Crippen LogP contribution in [0.15, 0.2) is 59.1 Å². The molecule has 0 aliphatic carbocycles. The van der Waals surface area contributed by atoms with Crippen molar-refractivity contribution in [1.29, 1.82) is 0 Å². The maximum absolute atomic E-state index is 13.1. The molecule has 1 saturated heterocycles. The lowest BCUT2D eigenvalue weighted by Crippen LogP contribution is -2.50. The number of Topliss-reactive ketones (excluding diaryl/α,β-unsaturated/α-hetero) is 1. The number of ketones is 1. The highest BCUT2D eigenvalue weighted by Crippen LogP contribution is 2.30. The van der Waals surface area contributed by atoms with Gasteiger partial charge in [0.2, 0.25) is 29.3 Å². The molecule has 0 spiro atoms. The first-order valence-electron chi connectivity index (χ1n) is 12.3. The fraction of sp³-hybridized carbons (Fsp3) is 0.370. The Labute approximate surface area is 227 Å². The summed E-state index contributed by atoms with van der Waals surface area (Å²) in [6.45, 7) is 3.27. The van der Waals surface area contributed by atoms with Crippen LogP contribution in [0.5, 0.6) is 0 Å². The molecule has 1 aromatic heterocycles. The second-order valence-corrected chi connectivity index (χ2v) is 10.7. The van der Waals surface area contributed by atoms with Gasteiger partial charge in [0.1, 0.15) is 6.54 Å². The van der Waals surface area contributed by atoms with Crippen molar-refractivity contribution in [2.45, 2.75) is 44.3 Å². The van der Waals surface area contributed by atoms with Crippen LogP contribution in [0.25, 0.3) is 0 Å². The number of benzene rings is 2. The quantitative estimate of drug-likeness (QED) is 0.372. The van der Waals surface area contributed by atoms with Gasteiger partial charge < -0.3 is 14.7 Å². The van der Waals surface area contributed by atoms with E-state index >= 15 is 0 Å². The highest BCUT2D eigenvalue weighted by molar-refractivity contribution is 8.01. The first kappa shape index (κ1) is 28.3. The van der Waals surface area contributed by atoms with Gasteiger partial charge in [-0.05, 0) is 23.1 Å². The van der Waals surface area contributed by atoms with E-state index in [1.165, 1.54) is 28.8 Å². The molecule has 2 heterocycles. The van der Waals surface area contributed by atoms with Crippen molar-refractivity contribution in [2.24, 2.45) is 5.92 Å². The standard InChI is InChI=1S/C27H27F3N4O4S/c1-16(2)24(31-20(35)14-34-22(36)15-39-23(34)13-17-7-4-3-5-8-17)25(37)26-32-21(38-33-26)12-18-9-6-10-19(11-18)27(28,29)30/h3-11,16,23-24H,12-15H2,1-2H3,(H,31,35). The maximum atomic E-state index is 13.1. The maximum Gasteiger partial charge on any atom is 0.416 e. The molecule has 12 heteroatoms. The third-order valence-electron chi connectivity index (χ3n) is 6.20. The van der Waals surface area contributed by atoms with Gasteiger partial charge in [0.05, 0.1) is 29.2 Å². The predicted molar refractivity (Wildman–Crippen MR) is 138 cm³/mol. The summed E-state index contributed by atoms with van der Waals surface area (Å²) in [4.78, 5) is 44.1. The molecule has 0 bridgehead atoms. The summed E-state index contributed by atoms with van der Waals surface area (Å²) in [5.74, 6) is -1.63. The molecule has 0 radical (unpaired) electrons. The van der Waals surface area contributed by atoms with Gasteiger partial charge in [-0.25, -0.2) is 0 Å². The molecule has 8 nitrogen and oxygen atoms in total. The average molecular weight is 561 g/mol. The van der Waals surface area contributed by atoms with Crippen LogP contribution < -0.4 is 5.32 Å². The Bertz CT molecular complexity index is 1330. The van der Waals surface area contributed by atoms with Crippen molar-refractivity contribution in [3.8, 4) is 0 Å². The van der Waals surface area contributed by atoms with E-state index in [0.29, 0.717) is 12.0 Å². The molecule has 39 heavy (non-hydrogen) atoms. The fourth-order valence-corrected chi connectivity index (χ4v) is 5.37. The number of carbonyl (C=O) groups excluding carboxylic acids is 3. The summed E-state index contributed by atoms with van der Waals surface area (Å²) < 4.78 is 44.1. The third kappa shape index (κ3) is 7.25. The van der Waals surface area contributed by atoms with Crippen molar-refractivity contribution in [1.82, 2.24) is 20.4 Å². The van der Waals surface area contributed by atoms with Crippen LogP contribution in [0.4, 0.5) is 13.2 Å². The number of nitrogens with zero attached hydrogens (tertiary/aromatic N) is 3. The molecule has 2 atom stereocenters. The molecule has 3 aromatic rings. The summed E-state index contributed by atoms with van der Waals surface area (Å²) in [5.41, 5.74) is 0.530. The lowest BCUT2D eigenvalue weighted by molar-refractivity contribution is -0.137. The highest BCUT2D eigenvalue weighted by Gasteiger charge is 2.35. The van der Waals surface area contributed by atoms with E-state index < -0.39 is 29.5 Å². The highest BCUT2D eigenvalue weighted by atomic mass is 32.2. The van der Waals surface area contributed by atoms with Crippen molar-refractivity contribution >= 4 is 29.4 Å². The number of rotatable bonds is 10. The summed E-state index contributed by atoms with van der Waals surface area (Å²) >= 11 is 1.46. The molecule has 1 N–H and O–H groups in total. The zero-order chi connectivity index (χ0) is 28.2. The molecule has 2 amide bonds. The molecule has 4 rings (SSSR count). The van der Waals surface area contributed by atoms with Crippen molar-refractivity contribution in [2.75, 3.05) is 12.3 Å². The fourth-order valence-electron chi connectivity index (χ4n) is 4.18. The molecule has 0 saturated carbocycles. The second-order valence-electron chi connectivity index (χ2n) is 9.52. The van der Waals surface area contributed by atoms with Crippen LogP contribution >= 0.6 is 11.8 Å². The second kappa shape index (κ2) is 12.0. The van der Waals surface area contributed by atoms with E-state index in [2.05, 4.69) is 15.5 Å². The van der Waals surface area contributed by atoms with Gasteiger partial charge in [-0.15, -0.1) is 11.8 Å².